The second-order valence-corrected chi connectivity index (χ2v) is 2.07. The molecule has 0 saturated heterocycles. The van der Waals surface area contributed by atoms with Crippen molar-refractivity contribution in [2.24, 2.45) is 0 Å². The standard InChI is InChI=1S/C7H10N2/c1-6-4-9-5-7(6)2-3-8/h3-5,8-9H,2H2,1H3. The highest BCUT2D eigenvalue weighted by molar-refractivity contribution is 5.58. The smallest absolute Gasteiger partial charge is 0.00890 e. The quantitative estimate of drug-likeness (QED) is 0.558. The molecule has 1 aromatic heterocycles. The summed E-state index contributed by atoms with van der Waals surface area (Å²) in [4.78, 5) is 2.98. The zero-order chi connectivity index (χ0) is 6.69. The average molecular weight is 122 g/mol. The predicted octanol–water partition coefficient (Wildman–Crippen LogP) is 1.52. The molecule has 0 amide bonds. The molecular formula is C7H10N2. The van der Waals surface area contributed by atoms with Gasteiger partial charge in [0, 0.05) is 18.8 Å². The maximum atomic E-state index is 6.84. The minimum atomic E-state index is 0.745. The minimum absolute atomic E-state index is 0.745. The largest absolute Gasteiger partial charge is 0.367 e. The van der Waals surface area contributed by atoms with Gasteiger partial charge in [-0.1, -0.05) is 0 Å². The molecule has 0 fully saturated rings. The van der Waals surface area contributed by atoms with Gasteiger partial charge in [0.15, 0.2) is 0 Å². The molecule has 2 N–H and O–H groups in total. The molecule has 9 heavy (non-hydrogen) atoms. The Balaban J connectivity index is 2.80. The van der Waals surface area contributed by atoms with E-state index in [4.69, 9.17) is 5.41 Å². The van der Waals surface area contributed by atoms with E-state index in [0.29, 0.717) is 0 Å². The lowest BCUT2D eigenvalue weighted by molar-refractivity contribution is 1.29. The second-order valence-electron chi connectivity index (χ2n) is 2.07. The number of aromatic nitrogens is 1. The molecule has 0 aliphatic rings. The summed E-state index contributed by atoms with van der Waals surface area (Å²) in [6.45, 7) is 2.04. The Bertz CT molecular complexity index is 200. The van der Waals surface area contributed by atoms with Crippen molar-refractivity contribution in [1.82, 2.24) is 4.98 Å². The van der Waals surface area contributed by atoms with Gasteiger partial charge in [0.1, 0.15) is 0 Å². The summed E-state index contributed by atoms with van der Waals surface area (Å²) in [5.41, 5.74) is 2.45. The van der Waals surface area contributed by atoms with Crippen LogP contribution in [0.4, 0.5) is 0 Å². The van der Waals surface area contributed by atoms with Crippen molar-refractivity contribution in [3.63, 3.8) is 0 Å². The Morgan fingerprint density at radius 3 is 2.89 bits per heavy atom. The number of aromatic amines is 1. The van der Waals surface area contributed by atoms with Crippen LogP contribution < -0.4 is 0 Å². The van der Waals surface area contributed by atoms with Gasteiger partial charge in [-0.05, 0) is 24.3 Å². The Morgan fingerprint density at radius 2 is 2.44 bits per heavy atom. The zero-order valence-electron chi connectivity index (χ0n) is 5.44. The first-order chi connectivity index (χ1) is 4.34. The van der Waals surface area contributed by atoms with E-state index >= 15 is 0 Å². The molecule has 0 bridgehead atoms. The van der Waals surface area contributed by atoms with Gasteiger partial charge in [-0.2, -0.15) is 0 Å². The molecular weight excluding hydrogens is 112 g/mol. The number of rotatable bonds is 2. The van der Waals surface area contributed by atoms with Crippen LogP contribution in [0.25, 0.3) is 0 Å². The first kappa shape index (κ1) is 6.08. The van der Waals surface area contributed by atoms with Crippen LogP contribution in [0.3, 0.4) is 0 Å². The first-order valence-corrected chi connectivity index (χ1v) is 2.96. The van der Waals surface area contributed by atoms with E-state index < -0.39 is 0 Å². The number of nitrogens with one attached hydrogen (secondary N) is 2. The van der Waals surface area contributed by atoms with E-state index in [1.807, 2.05) is 19.3 Å². The van der Waals surface area contributed by atoms with Gasteiger partial charge in [0.25, 0.3) is 0 Å². The van der Waals surface area contributed by atoms with Crippen LogP contribution in [-0.4, -0.2) is 11.2 Å². The fourth-order valence-corrected chi connectivity index (χ4v) is 0.804. The van der Waals surface area contributed by atoms with Gasteiger partial charge < -0.3 is 10.4 Å². The lowest BCUT2D eigenvalue weighted by Gasteiger charge is -1.88. The molecule has 0 aliphatic carbocycles. The Kier molecular flexibility index (Phi) is 1.68. The minimum Gasteiger partial charge on any atom is -0.367 e. The fraction of sp³-hybridized carbons (Fsp3) is 0.286. The molecule has 2 nitrogen and oxygen atoms in total. The highest BCUT2D eigenvalue weighted by Crippen LogP contribution is 2.04. The third-order valence-electron chi connectivity index (χ3n) is 1.39. The van der Waals surface area contributed by atoms with Crippen LogP contribution in [0, 0.1) is 12.3 Å². The SMILES string of the molecule is Cc1c[nH]cc1CC=N. The highest BCUT2D eigenvalue weighted by Gasteiger charge is 1.93. The van der Waals surface area contributed by atoms with E-state index in [9.17, 15) is 0 Å². The summed E-state index contributed by atoms with van der Waals surface area (Å²) in [5, 5.41) is 6.84. The predicted molar refractivity (Wildman–Crippen MR) is 38.0 cm³/mol. The third kappa shape index (κ3) is 1.19. The maximum absolute atomic E-state index is 6.84. The van der Waals surface area contributed by atoms with Crippen LogP contribution >= 0.6 is 0 Å². The molecule has 1 rings (SSSR count). The van der Waals surface area contributed by atoms with Gasteiger partial charge in [0.05, 0.1) is 0 Å². The molecule has 0 unspecified atom stereocenters. The molecule has 0 saturated carbocycles. The van der Waals surface area contributed by atoms with E-state index in [0.717, 1.165) is 6.42 Å². The third-order valence-corrected chi connectivity index (χ3v) is 1.39. The molecule has 0 spiro atoms. The van der Waals surface area contributed by atoms with E-state index in [-0.39, 0.29) is 0 Å². The molecule has 2 heteroatoms. The summed E-state index contributed by atoms with van der Waals surface area (Å²) in [5.74, 6) is 0. The van der Waals surface area contributed by atoms with Crippen molar-refractivity contribution in [1.29, 1.82) is 5.41 Å². The zero-order valence-corrected chi connectivity index (χ0v) is 5.44. The molecule has 0 atom stereocenters. The van der Waals surface area contributed by atoms with Crippen LogP contribution in [0.1, 0.15) is 11.1 Å². The van der Waals surface area contributed by atoms with Crippen molar-refractivity contribution in [3.05, 3.63) is 23.5 Å². The van der Waals surface area contributed by atoms with E-state index in [2.05, 4.69) is 4.98 Å². The van der Waals surface area contributed by atoms with Gasteiger partial charge in [-0.15, -0.1) is 0 Å². The molecule has 0 aromatic carbocycles. The van der Waals surface area contributed by atoms with Crippen LogP contribution in [0.15, 0.2) is 12.4 Å². The fourth-order valence-electron chi connectivity index (χ4n) is 0.804. The van der Waals surface area contributed by atoms with Gasteiger partial charge in [-0.25, -0.2) is 0 Å². The molecule has 48 valence electrons. The van der Waals surface area contributed by atoms with E-state index in [1.54, 1.807) is 0 Å². The normalized spacial score (nSPS) is 9.44. The van der Waals surface area contributed by atoms with Crippen LogP contribution in [-0.2, 0) is 6.42 Å². The van der Waals surface area contributed by atoms with Crippen LogP contribution in [0.2, 0.25) is 0 Å². The highest BCUT2D eigenvalue weighted by atomic mass is 14.6. The number of aryl methyl sites for hydroxylation is 1. The molecule has 0 aliphatic heterocycles. The average Bonchev–Trinajstić information content (AvgIpc) is 2.18. The molecule has 1 aromatic rings. The molecule has 1 heterocycles. The summed E-state index contributed by atoms with van der Waals surface area (Å²) in [6, 6.07) is 0. The first-order valence-electron chi connectivity index (χ1n) is 2.96. The lowest BCUT2D eigenvalue weighted by atomic mass is 10.2. The Labute approximate surface area is 54.4 Å². The van der Waals surface area contributed by atoms with Crippen molar-refractivity contribution >= 4 is 6.21 Å². The number of H-pyrrole nitrogens is 1. The van der Waals surface area contributed by atoms with Crippen molar-refractivity contribution in [2.45, 2.75) is 13.3 Å². The lowest BCUT2D eigenvalue weighted by Crippen LogP contribution is -1.82. The summed E-state index contributed by atoms with van der Waals surface area (Å²) in [7, 11) is 0. The maximum Gasteiger partial charge on any atom is 0.00890 e. The molecule has 0 radical (unpaired) electrons. The van der Waals surface area contributed by atoms with Crippen molar-refractivity contribution < 1.29 is 0 Å². The van der Waals surface area contributed by atoms with Gasteiger partial charge in [0.2, 0.25) is 0 Å². The van der Waals surface area contributed by atoms with Crippen molar-refractivity contribution in [2.75, 3.05) is 0 Å². The summed E-state index contributed by atoms with van der Waals surface area (Å²) >= 11 is 0. The number of hydrogen-bond acceptors (Lipinski definition) is 1. The number of hydrogen-bond donors (Lipinski definition) is 2. The summed E-state index contributed by atoms with van der Waals surface area (Å²) < 4.78 is 0. The topological polar surface area (TPSA) is 39.6 Å². The monoisotopic (exact) mass is 122 g/mol. The summed E-state index contributed by atoms with van der Waals surface area (Å²) in [6.07, 6.45) is 6.03. The van der Waals surface area contributed by atoms with Gasteiger partial charge >= 0.3 is 0 Å². The van der Waals surface area contributed by atoms with Crippen molar-refractivity contribution in [3.8, 4) is 0 Å². The van der Waals surface area contributed by atoms with Crippen LogP contribution in [0.5, 0.6) is 0 Å². The Morgan fingerprint density at radius 1 is 1.67 bits per heavy atom. The van der Waals surface area contributed by atoms with Gasteiger partial charge in [-0.3, -0.25) is 0 Å². The van der Waals surface area contributed by atoms with E-state index in [1.165, 1.54) is 17.3 Å². The second kappa shape index (κ2) is 2.49. The Hall–Kier alpha value is -1.05.